The highest BCUT2D eigenvalue weighted by atomic mass is 19.4. The molecule has 3 nitrogen and oxygen atoms in total. The number of halogens is 3. The van der Waals surface area contributed by atoms with Crippen LogP contribution in [0.25, 0.3) is 0 Å². The van der Waals surface area contributed by atoms with E-state index in [9.17, 15) is 23.2 Å². The molecule has 2 aliphatic rings. The molecular weight excluding hydrogens is 329 g/mol. The van der Waals surface area contributed by atoms with Crippen molar-refractivity contribution >= 4 is 5.91 Å². The highest BCUT2D eigenvalue weighted by molar-refractivity contribution is 6.02. The molecule has 0 spiro atoms. The van der Waals surface area contributed by atoms with Gasteiger partial charge in [0.15, 0.2) is 0 Å². The van der Waals surface area contributed by atoms with E-state index in [0.29, 0.717) is 12.8 Å². The molecule has 0 bridgehead atoms. The van der Waals surface area contributed by atoms with Crippen molar-refractivity contribution in [2.24, 2.45) is 0 Å². The van der Waals surface area contributed by atoms with Crippen molar-refractivity contribution in [1.82, 2.24) is 4.90 Å². The van der Waals surface area contributed by atoms with Gasteiger partial charge in [0.2, 0.25) is 0 Å². The largest absolute Gasteiger partial charge is 0.417 e. The summed E-state index contributed by atoms with van der Waals surface area (Å²) in [6.45, 7) is 0. The quantitative estimate of drug-likeness (QED) is 0.811. The lowest BCUT2D eigenvalue weighted by Gasteiger charge is -2.31. The van der Waals surface area contributed by atoms with Crippen molar-refractivity contribution in [1.29, 1.82) is 5.26 Å². The van der Waals surface area contributed by atoms with Crippen LogP contribution in [-0.4, -0.2) is 10.8 Å². The van der Waals surface area contributed by atoms with E-state index in [2.05, 4.69) is 0 Å². The van der Waals surface area contributed by atoms with Crippen LogP contribution in [-0.2, 0) is 11.7 Å². The second kappa shape index (κ2) is 5.09. The van der Waals surface area contributed by atoms with Gasteiger partial charge < -0.3 is 4.90 Å². The summed E-state index contributed by atoms with van der Waals surface area (Å²) in [5, 5.41) is 9.61. The van der Waals surface area contributed by atoms with Crippen LogP contribution in [0.1, 0.15) is 45.9 Å². The Morgan fingerprint density at radius 2 is 1.76 bits per heavy atom. The normalized spacial score (nSPS) is 21.0. The minimum absolute atomic E-state index is 0.143. The number of hydrogen-bond donors (Lipinski definition) is 0. The minimum Gasteiger partial charge on any atom is -0.309 e. The van der Waals surface area contributed by atoms with Crippen LogP contribution in [0.3, 0.4) is 0 Å². The van der Waals surface area contributed by atoms with Crippen molar-refractivity contribution in [3.63, 3.8) is 0 Å². The maximum Gasteiger partial charge on any atom is 0.417 e. The van der Waals surface area contributed by atoms with Gasteiger partial charge in [-0.3, -0.25) is 4.79 Å². The number of carbonyl (C=O) groups is 1. The third-order valence-corrected chi connectivity index (χ3v) is 5.01. The van der Waals surface area contributed by atoms with Gasteiger partial charge in [-0.2, -0.15) is 18.4 Å². The van der Waals surface area contributed by atoms with Crippen LogP contribution >= 0.6 is 0 Å². The zero-order chi connectivity index (χ0) is 17.8. The molecule has 2 aromatic carbocycles. The molecule has 0 N–H and O–H groups in total. The Kier molecular flexibility index (Phi) is 3.20. The van der Waals surface area contributed by atoms with E-state index in [1.165, 1.54) is 17.0 Å². The van der Waals surface area contributed by atoms with Gasteiger partial charge in [-0.15, -0.1) is 0 Å². The fraction of sp³-hybridized carbons (Fsp3) is 0.263. The molecule has 1 fully saturated rings. The Morgan fingerprint density at radius 3 is 2.32 bits per heavy atom. The molecule has 1 aliphatic carbocycles. The van der Waals surface area contributed by atoms with E-state index in [0.717, 1.165) is 11.6 Å². The SMILES string of the molecule is N#CC1c2cccc(C(F)(F)F)c2C(=O)N1C1(c2ccccc2)CC1. The Hall–Kier alpha value is -2.81. The second-order valence-corrected chi connectivity index (χ2v) is 6.37. The first-order chi connectivity index (χ1) is 11.9. The van der Waals surface area contributed by atoms with Crippen molar-refractivity contribution in [2.75, 3.05) is 0 Å². The van der Waals surface area contributed by atoms with Crippen molar-refractivity contribution < 1.29 is 18.0 Å². The first-order valence-electron chi connectivity index (χ1n) is 7.89. The Bertz CT molecular complexity index is 895. The summed E-state index contributed by atoms with van der Waals surface area (Å²) < 4.78 is 40.1. The predicted molar refractivity (Wildman–Crippen MR) is 83.3 cm³/mol. The molecule has 1 unspecified atom stereocenters. The summed E-state index contributed by atoms with van der Waals surface area (Å²) in [5.74, 6) is -0.712. The summed E-state index contributed by atoms with van der Waals surface area (Å²) in [7, 11) is 0. The van der Waals surface area contributed by atoms with E-state index in [1.807, 2.05) is 36.4 Å². The van der Waals surface area contributed by atoms with Crippen molar-refractivity contribution in [3.05, 3.63) is 70.8 Å². The number of fused-ring (bicyclic) bond motifs is 1. The van der Waals surface area contributed by atoms with Gasteiger partial charge in [0.1, 0.15) is 6.04 Å². The van der Waals surface area contributed by atoms with Crippen LogP contribution in [0.2, 0.25) is 0 Å². The summed E-state index contributed by atoms with van der Waals surface area (Å²) in [5.41, 5.74) is -1.06. The average molecular weight is 342 g/mol. The van der Waals surface area contributed by atoms with Crippen molar-refractivity contribution in [2.45, 2.75) is 30.6 Å². The molecule has 1 heterocycles. The lowest BCUT2D eigenvalue weighted by molar-refractivity contribution is -0.138. The smallest absolute Gasteiger partial charge is 0.309 e. The van der Waals surface area contributed by atoms with Gasteiger partial charge in [-0.05, 0) is 24.5 Å². The molecule has 1 atom stereocenters. The van der Waals surface area contributed by atoms with Crippen molar-refractivity contribution in [3.8, 4) is 6.07 Å². The molecule has 1 amide bonds. The topological polar surface area (TPSA) is 44.1 Å². The molecule has 126 valence electrons. The van der Waals surface area contributed by atoms with E-state index >= 15 is 0 Å². The lowest BCUT2D eigenvalue weighted by atomic mass is 9.99. The van der Waals surface area contributed by atoms with Crippen LogP contribution in [0.5, 0.6) is 0 Å². The highest BCUT2D eigenvalue weighted by Gasteiger charge is 2.58. The molecule has 1 aliphatic heterocycles. The summed E-state index contributed by atoms with van der Waals surface area (Å²) in [4.78, 5) is 14.3. The summed E-state index contributed by atoms with van der Waals surface area (Å²) in [6, 6.07) is 13.8. The van der Waals surface area contributed by atoms with E-state index in [1.54, 1.807) is 0 Å². The second-order valence-electron chi connectivity index (χ2n) is 6.37. The number of carbonyl (C=O) groups excluding carboxylic acids is 1. The predicted octanol–water partition coefficient (Wildman–Crippen LogP) is 4.42. The van der Waals surface area contributed by atoms with Gasteiger partial charge in [0, 0.05) is 5.56 Å². The fourth-order valence-corrected chi connectivity index (χ4v) is 3.75. The molecule has 1 saturated carbocycles. The molecule has 2 aromatic rings. The maximum atomic E-state index is 13.4. The highest BCUT2D eigenvalue weighted by Crippen LogP contribution is 2.57. The number of nitriles is 1. The number of benzene rings is 2. The Labute approximate surface area is 142 Å². The van der Waals surface area contributed by atoms with Gasteiger partial charge >= 0.3 is 6.18 Å². The zero-order valence-corrected chi connectivity index (χ0v) is 13.0. The zero-order valence-electron chi connectivity index (χ0n) is 13.0. The number of hydrogen-bond acceptors (Lipinski definition) is 2. The van der Waals surface area contributed by atoms with Crippen LogP contribution in [0, 0.1) is 11.3 Å². The van der Waals surface area contributed by atoms with Gasteiger partial charge in [-0.25, -0.2) is 0 Å². The maximum absolute atomic E-state index is 13.4. The average Bonchev–Trinajstić information content (AvgIpc) is 3.34. The summed E-state index contributed by atoms with van der Waals surface area (Å²) >= 11 is 0. The molecule has 0 aromatic heterocycles. The fourth-order valence-electron chi connectivity index (χ4n) is 3.75. The molecular formula is C19H13F3N2O. The molecule has 6 heteroatoms. The first-order valence-corrected chi connectivity index (χ1v) is 7.89. The monoisotopic (exact) mass is 342 g/mol. The van der Waals surface area contributed by atoms with E-state index < -0.39 is 29.2 Å². The van der Waals surface area contributed by atoms with Crippen LogP contribution < -0.4 is 0 Å². The van der Waals surface area contributed by atoms with Crippen LogP contribution in [0.4, 0.5) is 13.2 Å². The van der Waals surface area contributed by atoms with Gasteiger partial charge in [-0.1, -0.05) is 42.5 Å². The molecule has 0 saturated heterocycles. The molecule has 0 radical (unpaired) electrons. The van der Waals surface area contributed by atoms with Crippen LogP contribution in [0.15, 0.2) is 48.5 Å². The van der Waals surface area contributed by atoms with Gasteiger partial charge in [0.25, 0.3) is 5.91 Å². The van der Waals surface area contributed by atoms with Gasteiger partial charge in [0.05, 0.1) is 22.7 Å². The first kappa shape index (κ1) is 15.7. The minimum atomic E-state index is -4.64. The molecule has 4 rings (SSSR count). The third kappa shape index (κ3) is 2.15. The Morgan fingerprint density at radius 1 is 1.08 bits per heavy atom. The number of amides is 1. The lowest BCUT2D eigenvalue weighted by Crippen LogP contribution is -2.38. The summed E-state index contributed by atoms with van der Waals surface area (Å²) in [6.07, 6.45) is -3.37. The number of alkyl halides is 3. The Balaban J connectivity index is 1.88. The van der Waals surface area contributed by atoms with E-state index in [4.69, 9.17) is 0 Å². The number of nitrogens with zero attached hydrogens (tertiary/aromatic N) is 2. The molecule has 25 heavy (non-hydrogen) atoms. The standard InChI is InChI=1S/C19H13F3N2O/c20-19(21,22)14-8-4-7-13-15(11-23)24(17(25)16(13)14)18(9-10-18)12-5-2-1-3-6-12/h1-8,15H,9-10H2. The third-order valence-electron chi connectivity index (χ3n) is 5.01. The number of rotatable bonds is 2. The van der Waals surface area contributed by atoms with E-state index in [-0.39, 0.29) is 11.1 Å².